The number of urea groups is 1. The zero-order chi connectivity index (χ0) is 13.1. The van der Waals surface area contributed by atoms with Gasteiger partial charge in [-0.3, -0.25) is 9.69 Å². The smallest absolute Gasteiger partial charge is 0.320 e. The van der Waals surface area contributed by atoms with Crippen molar-refractivity contribution >= 4 is 12.0 Å². The molecule has 0 spiro atoms. The van der Waals surface area contributed by atoms with Crippen LogP contribution >= 0.6 is 0 Å². The maximum atomic E-state index is 11.9. The molecule has 0 radical (unpaired) electrons. The summed E-state index contributed by atoms with van der Waals surface area (Å²) in [5.41, 5.74) is 0. The van der Waals surface area contributed by atoms with Gasteiger partial charge in [0.25, 0.3) is 0 Å². The molecule has 0 aromatic heterocycles. The lowest BCUT2D eigenvalue weighted by molar-refractivity contribution is -0.143. The second-order valence-corrected chi connectivity index (χ2v) is 5.11. The van der Waals surface area contributed by atoms with Gasteiger partial charge in [-0.05, 0) is 26.2 Å². The predicted octanol–water partition coefficient (Wildman–Crippen LogP) is 0.339. The number of amides is 2. The molecule has 2 aliphatic rings. The van der Waals surface area contributed by atoms with Crippen LogP contribution in [0.2, 0.25) is 0 Å². The Balaban J connectivity index is 1.75. The van der Waals surface area contributed by atoms with Gasteiger partial charge in [0, 0.05) is 32.2 Å². The number of carboxylic acids is 1. The minimum atomic E-state index is -0.803. The van der Waals surface area contributed by atoms with E-state index in [4.69, 9.17) is 5.11 Å². The molecule has 0 aromatic carbocycles. The highest BCUT2D eigenvalue weighted by Crippen LogP contribution is 2.18. The predicted molar refractivity (Wildman–Crippen MR) is 66.4 cm³/mol. The van der Waals surface area contributed by atoms with Gasteiger partial charge in [0.15, 0.2) is 0 Å². The van der Waals surface area contributed by atoms with E-state index >= 15 is 0 Å². The highest BCUT2D eigenvalue weighted by Gasteiger charge is 2.28. The fourth-order valence-electron chi connectivity index (χ4n) is 2.29. The van der Waals surface area contributed by atoms with Crippen LogP contribution in [0, 0.1) is 0 Å². The third kappa shape index (κ3) is 2.93. The number of rotatable bonds is 3. The van der Waals surface area contributed by atoms with Crippen LogP contribution in [0.1, 0.15) is 26.2 Å². The van der Waals surface area contributed by atoms with Gasteiger partial charge in [-0.25, -0.2) is 4.79 Å². The van der Waals surface area contributed by atoms with E-state index in [1.165, 1.54) is 6.42 Å². The molecule has 6 nitrogen and oxygen atoms in total. The summed E-state index contributed by atoms with van der Waals surface area (Å²) in [6, 6.07) is -0.113. The van der Waals surface area contributed by atoms with Crippen LogP contribution in [0.4, 0.5) is 4.79 Å². The van der Waals surface area contributed by atoms with Crippen molar-refractivity contribution in [1.29, 1.82) is 0 Å². The van der Waals surface area contributed by atoms with Crippen molar-refractivity contribution in [3.63, 3.8) is 0 Å². The van der Waals surface area contributed by atoms with E-state index < -0.39 is 12.0 Å². The lowest BCUT2D eigenvalue weighted by Gasteiger charge is -2.38. The van der Waals surface area contributed by atoms with E-state index in [1.54, 1.807) is 11.8 Å². The third-order valence-corrected chi connectivity index (χ3v) is 3.94. The van der Waals surface area contributed by atoms with Crippen molar-refractivity contribution in [3.05, 3.63) is 0 Å². The van der Waals surface area contributed by atoms with Crippen molar-refractivity contribution in [3.8, 4) is 0 Å². The van der Waals surface area contributed by atoms with E-state index in [-0.39, 0.29) is 6.03 Å². The van der Waals surface area contributed by atoms with Gasteiger partial charge < -0.3 is 15.3 Å². The van der Waals surface area contributed by atoms with E-state index in [0.29, 0.717) is 32.2 Å². The normalized spacial score (nSPS) is 23.3. The molecular weight excluding hydrogens is 234 g/mol. The topological polar surface area (TPSA) is 72.9 Å². The van der Waals surface area contributed by atoms with Gasteiger partial charge in [-0.2, -0.15) is 0 Å². The number of aliphatic carboxylic acids is 1. The molecule has 1 saturated heterocycles. The fraction of sp³-hybridized carbons (Fsp3) is 0.833. The highest BCUT2D eigenvalue weighted by molar-refractivity contribution is 5.75. The molecule has 1 saturated carbocycles. The van der Waals surface area contributed by atoms with Gasteiger partial charge in [0.2, 0.25) is 0 Å². The number of piperazine rings is 1. The second-order valence-electron chi connectivity index (χ2n) is 5.11. The van der Waals surface area contributed by atoms with Crippen LogP contribution in [-0.2, 0) is 4.79 Å². The van der Waals surface area contributed by atoms with Gasteiger partial charge >= 0.3 is 12.0 Å². The first-order chi connectivity index (χ1) is 8.58. The van der Waals surface area contributed by atoms with E-state index in [2.05, 4.69) is 5.32 Å². The van der Waals surface area contributed by atoms with Crippen molar-refractivity contribution < 1.29 is 14.7 Å². The van der Waals surface area contributed by atoms with Gasteiger partial charge in [0.1, 0.15) is 6.04 Å². The summed E-state index contributed by atoms with van der Waals surface area (Å²) in [5.74, 6) is -0.803. The van der Waals surface area contributed by atoms with Crippen LogP contribution in [-0.4, -0.2) is 65.2 Å². The number of hydrogen-bond donors (Lipinski definition) is 2. The molecule has 2 amide bonds. The van der Waals surface area contributed by atoms with E-state index in [1.807, 2.05) is 4.90 Å². The number of hydrogen-bond acceptors (Lipinski definition) is 3. The van der Waals surface area contributed by atoms with Crippen LogP contribution in [0.3, 0.4) is 0 Å². The van der Waals surface area contributed by atoms with Crippen molar-refractivity contribution in [2.24, 2.45) is 0 Å². The summed E-state index contributed by atoms with van der Waals surface area (Å²) in [4.78, 5) is 26.4. The zero-order valence-electron chi connectivity index (χ0n) is 10.8. The van der Waals surface area contributed by atoms with Crippen LogP contribution in [0.15, 0.2) is 0 Å². The molecule has 1 atom stereocenters. The molecule has 0 bridgehead atoms. The number of carboxylic acid groups (broad SMARTS) is 1. The number of nitrogens with zero attached hydrogens (tertiary/aromatic N) is 2. The maximum absolute atomic E-state index is 11.9. The number of nitrogens with one attached hydrogen (secondary N) is 1. The molecule has 1 aliphatic carbocycles. The number of carbonyl (C=O) groups excluding carboxylic acids is 1. The lowest BCUT2D eigenvalue weighted by Crippen LogP contribution is -2.56. The zero-order valence-corrected chi connectivity index (χ0v) is 10.8. The summed E-state index contributed by atoms with van der Waals surface area (Å²) in [6.45, 7) is 4.16. The van der Waals surface area contributed by atoms with Gasteiger partial charge in [-0.1, -0.05) is 0 Å². The molecule has 102 valence electrons. The molecule has 2 rings (SSSR count). The SMILES string of the molecule is CC(C(=O)O)N1CCN(C(=O)NC2CCC2)CC1. The minimum Gasteiger partial charge on any atom is -0.480 e. The highest BCUT2D eigenvalue weighted by atomic mass is 16.4. The first-order valence-electron chi connectivity index (χ1n) is 6.60. The Bertz CT molecular complexity index is 323. The molecule has 18 heavy (non-hydrogen) atoms. The molecule has 0 aromatic rings. The Kier molecular flexibility index (Phi) is 4.06. The summed E-state index contributed by atoms with van der Waals surface area (Å²) in [7, 11) is 0. The molecule has 6 heteroatoms. The fourth-order valence-corrected chi connectivity index (χ4v) is 2.29. The quantitative estimate of drug-likeness (QED) is 0.762. The molecule has 1 unspecified atom stereocenters. The van der Waals surface area contributed by atoms with Gasteiger partial charge in [-0.15, -0.1) is 0 Å². The molecule has 2 N–H and O–H groups in total. The Morgan fingerprint density at radius 2 is 1.83 bits per heavy atom. The van der Waals surface area contributed by atoms with E-state index in [0.717, 1.165) is 12.8 Å². The third-order valence-electron chi connectivity index (χ3n) is 3.94. The maximum Gasteiger partial charge on any atom is 0.320 e. The van der Waals surface area contributed by atoms with E-state index in [9.17, 15) is 9.59 Å². The molecular formula is C12H21N3O3. The second kappa shape index (κ2) is 5.56. The Morgan fingerprint density at radius 3 is 2.28 bits per heavy atom. The average molecular weight is 255 g/mol. The monoisotopic (exact) mass is 255 g/mol. The Labute approximate surface area is 107 Å². The molecule has 2 fully saturated rings. The minimum absolute atomic E-state index is 0.00216. The average Bonchev–Trinajstić information content (AvgIpc) is 2.32. The number of carbonyl (C=O) groups is 2. The summed E-state index contributed by atoms with van der Waals surface area (Å²) in [5, 5.41) is 11.9. The summed E-state index contributed by atoms with van der Waals surface area (Å²) in [6.07, 6.45) is 3.37. The Morgan fingerprint density at radius 1 is 1.22 bits per heavy atom. The molecule has 1 heterocycles. The first kappa shape index (κ1) is 13.1. The summed E-state index contributed by atoms with van der Waals surface area (Å²) < 4.78 is 0. The van der Waals surface area contributed by atoms with Crippen molar-refractivity contribution in [2.45, 2.75) is 38.3 Å². The summed E-state index contributed by atoms with van der Waals surface area (Å²) >= 11 is 0. The van der Waals surface area contributed by atoms with Crippen LogP contribution in [0.5, 0.6) is 0 Å². The first-order valence-corrected chi connectivity index (χ1v) is 6.60. The molecule has 1 aliphatic heterocycles. The van der Waals surface area contributed by atoms with Crippen LogP contribution < -0.4 is 5.32 Å². The van der Waals surface area contributed by atoms with Crippen molar-refractivity contribution in [1.82, 2.24) is 15.1 Å². The van der Waals surface area contributed by atoms with Gasteiger partial charge in [0.05, 0.1) is 0 Å². The Hall–Kier alpha value is -1.30. The van der Waals surface area contributed by atoms with Crippen LogP contribution in [0.25, 0.3) is 0 Å². The standard InChI is InChI=1S/C12H21N3O3/c1-9(11(16)17)14-5-7-15(8-6-14)12(18)13-10-3-2-4-10/h9-10H,2-8H2,1H3,(H,13,18)(H,16,17). The lowest BCUT2D eigenvalue weighted by atomic mass is 9.93. The van der Waals surface area contributed by atoms with Crippen molar-refractivity contribution in [2.75, 3.05) is 26.2 Å². The largest absolute Gasteiger partial charge is 0.480 e.